The third-order valence-corrected chi connectivity index (χ3v) is 7.75. The third kappa shape index (κ3) is 4.44. The summed E-state index contributed by atoms with van der Waals surface area (Å²) in [5, 5.41) is 2.71. The van der Waals surface area contributed by atoms with E-state index in [2.05, 4.69) is 4.98 Å². The molecule has 2 heterocycles. The van der Waals surface area contributed by atoms with Crippen molar-refractivity contribution in [1.82, 2.24) is 14.2 Å². The van der Waals surface area contributed by atoms with E-state index in [1.807, 2.05) is 48.5 Å². The molecule has 1 aromatic heterocycles. The van der Waals surface area contributed by atoms with E-state index in [9.17, 15) is 13.2 Å². The van der Waals surface area contributed by atoms with Crippen molar-refractivity contribution in [3.05, 3.63) is 66.9 Å². The van der Waals surface area contributed by atoms with E-state index in [1.54, 1.807) is 23.2 Å². The van der Waals surface area contributed by atoms with E-state index in [1.165, 1.54) is 16.1 Å². The first kappa shape index (κ1) is 19.9. The number of rotatable bonds is 5. The number of nitrogens with zero attached hydrogens (tertiary/aromatic N) is 3. The fourth-order valence-corrected chi connectivity index (χ4v) is 5.54. The molecule has 150 valence electrons. The van der Waals surface area contributed by atoms with Crippen molar-refractivity contribution in [2.45, 2.75) is 9.92 Å². The molecule has 0 saturated carbocycles. The average molecular weight is 428 g/mol. The molecule has 1 aliphatic rings. The lowest BCUT2D eigenvalue weighted by atomic mass is 10.1. The highest BCUT2D eigenvalue weighted by molar-refractivity contribution is 7.99. The van der Waals surface area contributed by atoms with Gasteiger partial charge in [-0.3, -0.25) is 4.79 Å². The average Bonchev–Trinajstić information content (AvgIpc) is 2.78. The number of hydrogen-bond acceptors (Lipinski definition) is 5. The quantitative estimate of drug-likeness (QED) is 0.586. The Balaban J connectivity index is 1.38. The Bertz CT molecular complexity index is 1110. The number of carbonyl (C=O) groups excluding carboxylic acids is 1. The van der Waals surface area contributed by atoms with Gasteiger partial charge >= 0.3 is 0 Å². The van der Waals surface area contributed by atoms with Gasteiger partial charge in [-0.1, -0.05) is 48.2 Å². The van der Waals surface area contributed by atoms with Gasteiger partial charge in [0.1, 0.15) is 0 Å². The van der Waals surface area contributed by atoms with Crippen LogP contribution in [-0.2, 0) is 14.8 Å². The van der Waals surface area contributed by atoms with E-state index in [-0.39, 0.29) is 5.91 Å². The molecule has 0 unspecified atom stereocenters. The summed E-state index contributed by atoms with van der Waals surface area (Å²) in [6.45, 7) is 1.40. The smallest absolute Gasteiger partial charge is 0.243 e. The lowest BCUT2D eigenvalue weighted by molar-refractivity contribution is -0.129. The number of sulfonamides is 1. The summed E-state index contributed by atoms with van der Waals surface area (Å²) in [6.07, 6.45) is 1.70. The summed E-state index contributed by atoms with van der Waals surface area (Å²) >= 11 is 1.39. The zero-order valence-electron chi connectivity index (χ0n) is 15.8. The van der Waals surface area contributed by atoms with Crippen LogP contribution in [0.25, 0.3) is 10.8 Å². The van der Waals surface area contributed by atoms with Gasteiger partial charge in [0.15, 0.2) is 0 Å². The molecule has 8 heteroatoms. The Morgan fingerprint density at radius 1 is 0.931 bits per heavy atom. The monoisotopic (exact) mass is 427 g/mol. The Kier molecular flexibility index (Phi) is 5.84. The Morgan fingerprint density at radius 3 is 2.38 bits per heavy atom. The van der Waals surface area contributed by atoms with Gasteiger partial charge in [0.05, 0.1) is 15.7 Å². The number of aromatic nitrogens is 1. The van der Waals surface area contributed by atoms with Crippen molar-refractivity contribution >= 4 is 38.5 Å². The van der Waals surface area contributed by atoms with Crippen LogP contribution in [-0.4, -0.2) is 60.4 Å². The highest BCUT2D eigenvalue weighted by Crippen LogP contribution is 2.23. The molecule has 1 saturated heterocycles. The van der Waals surface area contributed by atoms with Crippen LogP contribution in [0, 0.1) is 0 Å². The first-order valence-corrected chi connectivity index (χ1v) is 11.8. The fraction of sp³-hybridized carbons (Fsp3) is 0.238. The SMILES string of the molecule is O=C(CSc1ccccn1)N1CCN(S(=O)(=O)c2ccc3ccccc3c2)CC1. The summed E-state index contributed by atoms with van der Waals surface area (Å²) in [5.74, 6) is 0.303. The highest BCUT2D eigenvalue weighted by Gasteiger charge is 2.30. The summed E-state index contributed by atoms with van der Waals surface area (Å²) in [5.41, 5.74) is 0. The first-order valence-electron chi connectivity index (χ1n) is 9.34. The maximum Gasteiger partial charge on any atom is 0.243 e. The van der Waals surface area contributed by atoms with Crippen LogP contribution in [0.15, 0.2) is 76.8 Å². The Labute approximate surface area is 174 Å². The van der Waals surface area contributed by atoms with E-state index in [4.69, 9.17) is 0 Å². The van der Waals surface area contributed by atoms with Crippen LogP contribution in [0.3, 0.4) is 0 Å². The maximum absolute atomic E-state index is 13.0. The molecule has 1 aliphatic heterocycles. The molecule has 0 radical (unpaired) electrons. The van der Waals surface area contributed by atoms with Crippen molar-refractivity contribution in [1.29, 1.82) is 0 Å². The highest BCUT2D eigenvalue weighted by atomic mass is 32.2. The van der Waals surface area contributed by atoms with Crippen LogP contribution >= 0.6 is 11.8 Å². The molecule has 0 bridgehead atoms. The number of piperazine rings is 1. The summed E-state index contributed by atoms with van der Waals surface area (Å²) in [4.78, 5) is 18.7. The van der Waals surface area contributed by atoms with Gasteiger partial charge in [0, 0.05) is 32.4 Å². The Morgan fingerprint density at radius 2 is 1.66 bits per heavy atom. The molecule has 6 nitrogen and oxygen atoms in total. The van der Waals surface area contributed by atoms with Gasteiger partial charge in [0.25, 0.3) is 0 Å². The summed E-state index contributed by atoms with van der Waals surface area (Å²) < 4.78 is 27.5. The molecule has 3 aromatic rings. The second-order valence-corrected chi connectivity index (χ2v) is 9.68. The number of pyridine rings is 1. The van der Waals surface area contributed by atoms with Crippen molar-refractivity contribution in [2.75, 3.05) is 31.9 Å². The van der Waals surface area contributed by atoms with Crippen LogP contribution < -0.4 is 0 Å². The minimum atomic E-state index is -3.58. The Hall–Kier alpha value is -2.42. The summed E-state index contributed by atoms with van der Waals surface area (Å²) in [6, 6.07) is 18.5. The molecule has 0 N–H and O–H groups in total. The number of carbonyl (C=O) groups is 1. The predicted octanol–water partition coefficient (Wildman–Crippen LogP) is 2.86. The lowest BCUT2D eigenvalue weighted by Gasteiger charge is -2.34. The number of hydrogen-bond donors (Lipinski definition) is 0. The molecule has 1 amide bonds. The van der Waals surface area contributed by atoms with Crippen molar-refractivity contribution in [3.8, 4) is 0 Å². The first-order chi connectivity index (χ1) is 14.0. The van der Waals surface area contributed by atoms with Gasteiger partial charge in [-0.05, 0) is 35.0 Å². The zero-order chi connectivity index (χ0) is 20.3. The molecule has 4 rings (SSSR count). The van der Waals surface area contributed by atoms with Crippen molar-refractivity contribution < 1.29 is 13.2 Å². The standard InChI is InChI=1S/C21H21N3O3S2/c25-21(16-28-20-7-3-4-10-22-20)23-11-13-24(14-12-23)29(26,27)19-9-8-17-5-1-2-6-18(17)15-19/h1-10,15H,11-14,16H2. The second kappa shape index (κ2) is 8.52. The largest absolute Gasteiger partial charge is 0.339 e. The van der Waals surface area contributed by atoms with E-state index in [0.29, 0.717) is 36.8 Å². The fourth-order valence-electron chi connectivity index (χ4n) is 3.31. The van der Waals surface area contributed by atoms with E-state index in [0.717, 1.165) is 15.8 Å². The molecule has 0 atom stereocenters. The molecule has 2 aromatic carbocycles. The van der Waals surface area contributed by atoms with Gasteiger partial charge in [-0.2, -0.15) is 4.31 Å². The normalized spacial score (nSPS) is 15.5. The molecule has 0 spiro atoms. The lowest BCUT2D eigenvalue weighted by Crippen LogP contribution is -2.50. The summed E-state index contributed by atoms with van der Waals surface area (Å²) in [7, 11) is -3.58. The molecule has 29 heavy (non-hydrogen) atoms. The van der Waals surface area contributed by atoms with Crippen LogP contribution in [0.4, 0.5) is 0 Å². The molecule has 1 fully saturated rings. The topological polar surface area (TPSA) is 70.6 Å². The third-order valence-electron chi connectivity index (χ3n) is 4.93. The minimum Gasteiger partial charge on any atom is -0.339 e. The van der Waals surface area contributed by atoms with Crippen LogP contribution in [0.2, 0.25) is 0 Å². The van der Waals surface area contributed by atoms with Crippen molar-refractivity contribution in [2.24, 2.45) is 0 Å². The number of fused-ring (bicyclic) bond motifs is 1. The zero-order valence-corrected chi connectivity index (χ0v) is 17.4. The van der Waals surface area contributed by atoms with Gasteiger partial charge in [0.2, 0.25) is 15.9 Å². The maximum atomic E-state index is 13.0. The van der Waals surface area contributed by atoms with Gasteiger partial charge in [-0.25, -0.2) is 13.4 Å². The number of benzene rings is 2. The van der Waals surface area contributed by atoms with Gasteiger partial charge in [-0.15, -0.1) is 0 Å². The van der Waals surface area contributed by atoms with Crippen LogP contribution in [0.1, 0.15) is 0 Å². The molecular weight excluding hydrogens is 406 g/mol. The number of amides is 1. The second-order valence-electron chi connectivity index (χ2n) is 6.75. The van der Waals surface area contributed by atoms with E-state index >= 15 is 0 Å². The van der Waals surface area contributed by atoms with Crippen LogP contribution in [0.5, 0.6) is 0 Å². The van der Waals surface area contributed by atoms with E-state index < -0.39 is 10.0 Å². The number of thioether (sulfide) groups is 1. The molecule has 0 aliphatic carbocycles. The van der Waals surface area contributed by atoms with Crippen molar-refractivity contribution in [3.63, 3.8) is 0 Å². The molecular formula is C21H21N3O3S2. The van der Waals surface area contributed by atoms with Gasteiger partial charge < -0.3 is 4.90 Å². The predicted molar refractivity (Wildman–Crippen MR) is 114 cm³/mol. The minimum absolute atomic E-state index is 0.00315.